The maximum absolute atomic E-state index is 4.78. The van der Waals surface area contributed by atoms with Crippen molar-refractivity contribution in [3.63, 3.8) is 0 Å². The number of hydrogen-bond acceptors (Lipinski definition) is 3. The van der Waals surface area contributed by atoms with Crippen LogP contribution in [0.3, 0.4) is 0 Å². The molecule has 1 aromatic rings. The van der Waals surface area contributed by atoms with Gasteiger partial charge in [-0.25, -0.2) is 0 Å². The molecule has 4 nitrogen and oxygen atoms in total. The zero-order valence-electron chi connectivity index (χ0n) is 14.4. The summed E-state index contributed by atoms with van der Waals surface area (Å²) in [4.78, 5) is 0. The van der Waals surface area contributed by atoms with Gasteiger partial charge in [0.25, 0.3) is 0 Å². The first-order valence-corrected chi connectivity index (χ1v) is 6.95. The van der Waals surface area contributed by atoms with Crippen LogP contribution in [-0.2, 0) is 0 Å². The normalized spacial score (nSPS) is 6.73. The van der Waals surface area contributed by atoms with E-state index in [2.05, 4.69) is 91.8 Å². The van der Waals surface area contributed by atoms with Gasteiger partial charge in [0.2, 0.25) is 0 Å². The average Bonchev–Trinajstić information content (AvgIpc) is 2.98. The summed E-state index contributed by atoms with van der Waals surface area (Å²) in [5.41, 5.74) is 0. The number of tetrazole rings is 1. The summed E-state index contributed by atoms with van der Waals surface area (Å²) in [5.74, 6) is 13.7. The van der Waals surface area contributed by atoms with Gasteiger partial charge in [0.15, 0.2) is 6.33 Å². The Kier molecular flexibility index (Phi) is 34.5. The molecule has 0 radical (unpaired) electrons. The maximum atomic E-state index is 4.78. The zero-order chi connectivity index (χ0) is 16.9. The number of nitrogens with one attached hydrogen (secondary N) is 1. The number of terminal acetylenes is 1. The Hall–Kier alpha value is -2.25. The third-order valence-electron chi connectivity index (χ3n) is 1.41. The van der Waals surface area contributed by atoms with Crippen molar-refractivity contribution in [1.29, 1.82) is 0 Å². The Morgan fingerprint density at radius 3 is 1.77 bits per heavy atom. The molecule has 4 heteroatoms. The van der Waals surface area contributed by atoms with E-state index in [0.29, 0.717) is 0 Å². The van der Waals surface area contributed by atoms with E-state index in [0.717, 1.165) is 11.8 Å². The molecule has 0 unspecified atom stereocenters. The standard InChI is InChI=1S/C7H4.C5H12.C4H10.CH2N4.CH4/c1-3-5-7-6-4-2;1-4-5(2)3;1-4(2)3;1-2-4-5-3-1;/h1H,2H3;5H,4H2,1-3H3;4H,1-3H3;1H,(H,2,3,4,5);1H4. The third kappa shape index (κ3) is 65.0. The highest BCUT2D eigenvalue weighted by Gasteiger charge is 1.80. The lowest BCUT2D eigenvalue weighted by molar-refractivity contribution is 0.626. The first-order valence-electron chi connectivity index (χ1n) is 6.95. The summed E-state index contributed by atoms with van der Waals surface area (Å²) < 4.78 is 0. The summed E-state index contributed by atoms with van der Waals surface area (Å²) in [6, 6.07) is 0. The molecule has 1 N–H and O–H groups in total. The minimum Gasteiger partial charge on any atom is -0.177 e. The Morgan fingerprint density at radius 2 is 1.59 bits per heavy atom. The van der Waals surface area contributed by atoms with Crippen molar-refractivity contribution in [2.45, 2.75) is 62.3 Å². The number of hydrogen-bond donors (Lipinski definition) is 1. The van der Waals surface area contributed by atoms with Crippen LogP contribution in [0.15, 0.2) is 6.33 Å². The first kappa shape index (κ1) is 28.0. The monoisotopic (exact) mass is 304 g/mol. The molecule has 124 valence electrons. The quantitative estimate of drug-likeness (QED) is 0.791. The summed E-state index contributed by atoms with van der Waals surface area (Å²) in [6.45, 7) is 14.9. The number of aromatic nitrogens is 4. The van der Waals surface area contributed by atoms with Crippen LogP contribution in [0.4, 0.5) is 0 Å². The van der Waals surface area contributed by atoms with Gasteiger partial charge in [0.05, 0.1) is 0 Å². The van der Waals surface area contributed by atoms with Crippen LogP contribution in [-0.4, -0.2) is 20.6 Å². The molecule has 0 fully saturated rings. The van der Waals surface area contributed by atoms with Crippen LogP contribution in [0.25, 0.3) is 0 Å². The first-order chi connectivity index (χ1) is 9.92. The molecule has 0 aliphatic heterocycles. The van der Waals surface area contributed by atoms with E-state index in [-0.39, 0.29) is 7.43 Å². The second-order valence-corrected chi connectivity index (χ2v) is 4.86. The summed E-state index contributed by atoms with van der Waals surface area (Å²) in [6.07, 6.45) is 7.42. The van der Waals surface area contributed by atoms with E-state index < -0.39 is 0 Å². The molecule has 0 aliphatic rings. The Morgan fingerprint density at radius 1 is 1.09 bits per heavy atom. The average molecular weight is 304 g/mol. The second-order valence-electron chi connectivity index (χ2n) is 4.86. The van der Waals surface area contributed by atoms with E-state index in [1.54, 1.807) is 6.92 Å². The second kappa shape index (κ2) is 27.2. The van der Waals surface area contributed by atoms with Gasteiger partial charge in [-0.3, -0.25) is 0 Å². The molecule has 1 aromatic heterocycles. The van der Waals surface area contributed by atoms with Crippen LogP contribution in [0.1, 0.15) is 62.3 Å². The highest BCUT2D eigenvalue weighted by atomic mass is 15.5. The van der Waals surface area contributed by atoms with Crippen molar-refractivity contribution in [1.82, 2.24) is 20.6 Å². The predicted molar refractivity (Wildman–Crippen MR) is 96.6 cm³/mol. The lowest BCUT2D eigenvalue weighted by Crippen LogP contribution is -1.77. The molecule has 0 saturated heterocycles. The molecule has 0 aromatic carbocycles. The Bertz CT molecular complexity index is 411. The molecular weight excluding hydrogens is 272 g/mol. The van der Waals surface area contributed by atoms with E-state index in [9.17, 15) is 0 Å². The molecule has 0 aliphatic carbocycles. The highest BCUT2D eigenvalue weighted by Crippen LogP contribution is 1.93. The molecular formula is C18H32N4. The number of rotatable bonds is 1. The number of aromatic amines is 1. The van der Waals surface area contributed by atoms with Crippen molar-refractivity contribution in [2.24, 2.45) is 11.8 Å². The maximum Gasteiger partial charge on any atom is 0.161 e. The van der Waals surface area contributed by atoms with Gasteiger partial charge < -0.3 is 0 Å². The summed E-state index contributed by atoms with van der Waals surface area (Å²) >= 11 is 0. The molecule has 1 heterocycles. The largest absolute Gasteiger partial charge is 0.177 e. The van der Waals surface area contributed by atoms with Crippen LogP contribution < -0.4 is 0 Å². The molecule has 0 amide bonds. The molecule has 1 rings (SSSR count). The smallest absolute Gasteiger partial charge is 0.161 e. The predicted octanol–water partition coefficient (Wildman–Crippen LogP) is 4.20. The molecule has 0 atom stereocenters. The molecule has 0 bridgehead atoms. The topological polar surface area (TPSA) is 54.5 Å². The van der Waals surface area contributed by atoms with Crippen molar-refractivity contribution < 1.29 is 0 Å². The van der Waals surface area contributed by atoms with Crippen molar-refractivity contribution >= 4 is 0 Å². The highest BCUT2D eigenvalue weighted by molar-refractivity contribution is 5.33. The van der Waals surface area contributed by atoms with Gasteiger partial charge in [-0.05, 0) is 42.4 Å². The molecule has 22 heavy (non-hydrogen) atoms. The molecule has 0 saturated carbocycles. The van der Waals surface area contributed by atoms with Crippen molar-refractivity contribution in [3.05, 3.63) is 6.33 Å². The van der Waals surface area contributed by atoms with Crippen LogP contribution in [0, 0.1) is 47.9 Å². The van der Waals surface area contributed by atoms with Gasteiger partial charge in [0, 0.05) is 0 Å². The molecule has 0 spiro atoms. The van der Waals surface area contributed by atoms with E-state index in [1.807, 2.05) is 0 Å². The fourth-order valence-corrected chi connectivity index (χ4v) is 0.259. The zero-order valence-corrected chi connectivity index (χ0v) is 14.4. The van der Waals surface area contributed by atoms with Crippen molar-refractivity contribution in [2.75, 3.05) is 0 Å². The fourth-order valence-electron chi connectivity index (χ4n) is 0.259. The Balaban J connectivity index is -0.0000000986. The fraction of sp³-hybridized carbons (Fsp3) is 0.611. The van der Waals surface area contributed by atoms with Gasteiger partial charge in [-0.2, -0.15) is 5.21 Å². The van der Waals surface area contributed by atoms with Gasteiger partial charge >= 0.3 is 0 Å². The van der Waals surface area contributed by atoms with E-state index >= 15 is 0 Å². The van der Waals surface area contributed by atoms with Crippen LogP contribution >= 0.6 is 0 Å². The summed E-state index contributed by atoms with van der Waals surface area (Å²) in [7, 11) is 0. The minimum atomic E-state index is 0. The van der Waals surface area contributed by atoms with Gasteiger partial charge in [-0.1, -0.05) is 66.5 Å². The lowest BCUT2D eigenvalue weighted by Gasteiger charge is -1.90. The Labute approximate surface area is 137 Å². The van der Waals surface area contributed by atoms with Gasteiger partial charge in [-0.15, -0.1) is 16.6 Å². The van der Waals surface area contributed by atoms with Crippen LogP contribution in [0.5, 0.6) is 0 Å². The third-order valence-corrected chi connectivity index (χ3v) is 1.41. The van der Waals surface area contributed by atoms with Gasteiger partial charge in [0.1, 0.15) is 0 Å². The van der Waals surface area contributed by atoms with Crippen molar-refractivity contribution in [3.8, 4) is 36.0 Å². The van der Waals surface area contributed by atoms with E-state index in [4.69, 9.17) is 6.42 Å². The lowest BCUT2D eigenvalue weighted by atomic mass is 10.2. The van der Waals surface area contributed by atoms with E-state index in [1.165, 1.54) is 12.7 Å². The minimum absolute atomic E-state index is 0. The summed E-state index contributed by atoms with van der Waals surface area (Å²) in [5, 5.41) is 12.2. The SMILES string of the molecule is C.C#CC#CC#CC.CC(C)C.CCC(C)C.c1nn[nH]n1. The number of H-pyrrole nitrogens is 1. The van der Waals surface area contributed by atoms with Crippen LogP contribution in [0.2, 0.25) is 0 Å². The number of nitrogens with zero attached hydrogens (tertiary/aromatic N) is 3.